The van der Waals surface area contributed by atoms with E-state index in [1.807, 2.05) is 6.07 Å². The second kappa shape index (κ2) is 8.01. The minimum atomic E-state index is -0.318. The van der Waals surface area contributed by atoms with Crippen LogP contribution in [0, 0.1) is 11.3 Å². The minimum absolute atomic E-state index is 0.0436. The molecule has 1 saturated heterocycles. The fourth-order valence-electron chi connectivity index (χ4n) is 2.50. The van der Waals surface area contributed by atoms with Crippen LogP contribution >= 0.6 is 0 Å². The van der Waals surface area contributed by atoms with E-state index < -0.39 is 0 Å². The first kappa shape index (κ1) is 17.9. The van der Waals surface area contributed by atoms with Gasteiger partial charge in [-0.3, -0.25) is 19.8 Å². The molecule has 8 heteroatoms. The number of hydrogen-bond acceptors (Lipinski definition) is 5. The lowest BCUT2D eigenvalue weighted by molar-refractivity contribution is -0.130. The van der Waals surface area contributed by atoms with Gasteiger partial charge in [0, 0.05) is 24.1 Å². The van der Waals surface area contributed by atoms with Gasteiger partial charge in [0.25, 0.3) is 5.91 Å². The predicted octanol–water partition coefficient (Wildman–Crippen LogP) is 2.00. The molecule has 2 aromatic carbocycles. The van der Waals surface area contributed by atoms with Crippen LogP contribution in [0.2, 0.25) is 0 Å². The average Bonchev–Trinajstić information content (AvgIpc) is 2.69. The Balaban J connectivity index is 1.64. The van der Waals surface area contributed by atoms with E-state index in [-0.39, 0.29) is 37.2 Å². The highest BCUT2D eigenvalue weighted by Gasteiger charge is 2.24. The van der Waals surface area contributed by atoms with Gasteiger partial charge in [0.05, 0.1) is 5.69 Å². The van der Waals surface area contributed by atoms with E-state index in [1.54, 1.807) is 48.5 Å². The third kappa shape index (κ3) is 4.41. The van der Waals surface area contributed by atoms with Gasteiger partial charge in [-0.25, -0.2) is 5.01 Å². The molecule has 0 unspecified atom stereocenters. The molecular weight excluding hydrogens is 348 g/mol. The maximum absolute atomic E-state index is 12.3. The Morgan fingerprint density at radius 3 is 2.48 bits per heavy atom. The molecular formula is C19H16N4O4. The minimum Gasteiger partial charge on any atom is -0.479 e. The van der Waals surface area contributed by atoms with Crippen molar-refractivity contribution in [2.24, 2.45) is 0 Å². The summed E-state index contributed by atoms with van der Waals surface area (Å²) in [4.78, 5) is 35.7. The van der Waals surface area contributed by atoms with Crippen molar-refractivity contribution in [3.63, 3.8) is 0 Å². The van der Waals surface area contributed by atoms with Gasteiger partial charge in [-0.05, 0) is 48.5 Å². The molecule has 1 aliphatic heterocycles. The summed E-state index contributed by atoms with van der Waals surface area (Å²) >= 11 is 0. The van der Waals surface area contributed by atoms with Crippen molar-refractivity contribution in [3.05, 3.63) is 54.1 Å². The largest absolute Gasteiger partial charge is 0.479 e. The van der Waals surface area contributed by atoms with Crippen LogP contribution in [0.3, 0.4) is 0 Å². The van der Waals surface area contributed by atoms with E-state index >= 15 is 0 Å². The van der Waals surface area contributed by atoms with Crippen molar-refractivity contribution >= 4 is 29.1 Å². The van der Waals surface area contributed by atoms with Gasteiger partial charge in [0.15, 0.2) is 6.61 Å². The smallest absolute Gasteiger partial charge is 0.255 e. The maximum atomic E-state index is 12.3. The summed E-state index contributed by atoms with van der Waals surface area (Å²) in [6.07, 6.45) is 0.332. The number of rotatable bonds is 5. The Bertz CT molecular complexity index is 901. The zero-order valence-electron chi connectivity index (χ0n) is 14.3. The Hall–Kier alpha value is -3.86. The topological polar surface area (TPSA) is 112 Å². The van der Waals surface area contributed by atoms with Crippen LogP contribution in [0.5, 0.6) is 5.75 Å². The fourth-order valence-corrected chi connectivity index (χ4v) is 2.50. The fraction of sp³-hybridized carbons (Fsp3) is 0.158. The highest BCUT2D eigenvalue weighted by molar-refractivity contribution is 6.05. The molecule has 0 aliphatic carbocycles. The van der Waals surface area contributed by atoms with Crippen LogP contribution in [0.25, 0.3) is 0 Å². The maximum Gasteiger partial charge on any atom is 0.255 e. The van der Waals surface area contributed by atoms with Crippen LogP contribution in [-0.4, -0.2) is 24.3 Å². The third-order valence-electron chi connectivity index (χ3n) is 3.86. The third-order valence-corrected chi connectivity index (χ3v) is 3.86. The molecule has 27 heavy (non-hydrogen) atoms. The summed E-state index contributed by atoms with van der Waals surface area (Å²) in [5.41, 5.74) is 3.97. The van der Waals surface area contributed by atoms with Crippen molar-refractivity contribution in [2.75, 3.05) is 16.9 Å². The lowest BCUT2D eigenvalue weighted by atomic mass is 10.1. The van der Waals surface area contributed by atoms with Gasteiger partial charge >= 0.3 is 0 Å². The molecule has 3 amide bonds. The van der Waals surface area contributed by atoms with Crippen molar-refractivity contribution in [1.82, 2.24) is 5.43 Å². The molecule has 2 N–H and O–H groups in total. The SMILES string of the molecule is N#CCOc1ccc(NC(=O)c2ccc(N3NC(=O)CCC3=O)cc2)cc1. The number of benzene rings is 2. The van der Waals surface area contributed by atoms with E-state index in [9.17, 15) is 14.4 Å². The molecule has 0 aromatic heterocycles. The van der Waals surface area contributed by atoms with E-state index in [4.69, 9.17) is 10.00 Å². The standard InChI is InChI=1S/C19H16N4O4/c20-11-12-27-16-7-3-14(4-8-16)21-19(26)13-1-5-15(6-2-13)23-18(25)10-9-17(24)22-23/h1-8H,9-10,12H2,(H,21,26)(H,22,24). The van der Waals surface area contributed by atoms with Gasteiger partial charge in [0.1, 0.15) is 11.8 Å². The molecule has 0 atom stereocenters. The number of hydrogen-bond donors (Lipinski definition) is 2. The summed E-state index contributed by atoms with van der Waals surface area (Å²) in [5.74, 6) is -0.211. The predicted molar refractivity (Wildman–Crippen MR) is 96.8 cm³/mol. The van der Waals surface area contributed by atoms with Crippen molar-refractivity contribution in [1.29, 1.82) is 5.26 Å². The number of anilines is 2. The molecule has 2 aromatic rings. The summed E-state index contributed by atoms with van der Waals surface area (Å²) in [5, 5.41) is 12.4. The highest BCUT2D eigenvalue weighted by Crippen LogP contribution is 2.19. The number of nitriles is 1. The summed E-state index contributed by atoms with van der Waals surface area (Å²) < 4.78 is 5.15. The summed E-state index contributed by atoms with van der Waals surface area (Å²) in [6, 6.07) is 14.9. The number of nitrogens with zero attached hydrogens (tertiary/aromatic N) is 2. The van der Waals surface area contributed by atoms with E-state index in [0.29, 0.717) is 22.7 Å². The highest BCUT2D eigenvalue weighted by atomic mass is 16.5. The lowest BCUT2D eigenvalue weighted by Crippen LogP contribution is -2.50. The van der Waals surface area contributed by atoms with Gasteiger partial charge < -0.3 is 10.1 Å². The van der Waals surface area contributed by atoms with E-state index in [2.05, 4.69) is 10.7 Å². The average molecular weight is 364 g/mol. The molecule has 3 rings (SSSR count). The number of amides is 3. The van der Waals surface area contributed by atoms with Gasteiger partial charge in [-0.2, -0.15) is 5.26 Å². The van der Waals surface area contributed by atoms with E-state index in [1.165, 1.54) is 5.01 Å². The first-order valence-corrected chi connectivity index (χ1v) is 8.20. The van der Waals surface area contributed by atoms with Crippen LogP contribution in [0.4, 0.5) is 11.4 Å². The van der Waals surface area contributed by atoms with Crippen molar-refractivity contribution < 1.29 is 19.1 Å². The quantitative estimate of drug-likeness (QED) is 0.843. The molecule has 0 bridgehead atoms. The number of ether oxygens (including phenoxy) is 1. The Morgan fingerprint density at radius 1 is 1.11 bits per heavy atom. The number of hydrazine groups is 1. The normalized spacial score (nSPS) is 13.5. The summed E-state index contributed by atoms with van der Waals surface area (Å²) in [7, 11) is 0. The van der Waals surface area contributed by atoms with Crippen LogP contribution in [0.1, 0.15) is 23.2 Å². The second-order valence-corrected chi connectivity index (χ2v) is 5.74. The van der Waals surface area contributed by atoms with Gasteiger partial charge in [-0.1, -0.05) is 0 Å². The van der Waals surface area contributed by atoms with Gasteiger partial charge in [0.2, 0.25) is 11.8 Å². The van der Waals surface area contributed by atoms with Crippen molar-refractivity contribution in [2.45, 2.75) is 12.8 Å². The molecule has 1 fully saturated rings. The number of carbonyl (C=O) groups excluding carboxylic acids is 3. The molecule has 1 heterocycles. The van der Waals surface area contributed by atoms with Crippen LogP contribution < -0.4 is 20.5 Å². The molecule has 0 spiro atoms. The Morgan fingerprint density at radius 2 is 1.81 bits per heavy atom. The molecule has 8 nitrogen and oxygen atoms in total. The first-order chi connectivity index (χ1) is 13.1. The lowest BCUT2D eigenvalue weighted by Gasteiger charge is -2.27. The Labute approximate surface area is 155 Å². The van der Waals surface area contributed by atoms with Gasteiger partial charge in [-0.15, -0.1) is 0 Å². The number of nitrogens with one attached hydrogen (secondary N) is 2. The van der Waals surface area contributed by atoms with E-state index in [0.717, 1.165) is 0 Å². The molecule has 0 radical (unpaired) electrons. The zero-order valence-corrected chi connectivity index (χ0v) is 14.3. The van der Waals surface area contributed by atoms with Crippen LogP contribution in [0.15, 0.2) is 48.5 Å². The summed E-state index contributed by atoms with van der Waals surface area (Å²) in [6.45, 7) is -0.0436. The molecule has 136 valence electrons. The molecule has 1 aliphatic rings. The monoisotopic (exact) mass is 364 g/mol. The first-order valence-electron chi connectivity index (χ1n) is 8.20. The zero-order chi connectivity index (χ0) is 19.2. The van der Waals surface area contributed by atoms with Crippen LogP contribution in [-0.2, 0) is 9.59 Å². The van der Waals surface area contributed by atoms with Crippen molar-refractivity contribution in [3.8, 4) is 11.8 Å². The second-order valence-electron chi connectivity index (χ2n) is 5.74. The number of carbonyl (C=O) groups is 3. The Kier molecular flexibility index (Phi) is 5.33. The molecule has 0 saturated carbocycles.